The van der Waals surface area contributed by atoms with Crippen molar-refractivity contribution in [3.05, 3.63) is 83.9 Å². The van der Waals surface area contributed by atoms with Gasteiger partial charge in [-0.3, -0.25) is 9.59 Å². The Morgan fingerprint density at radius 1 is 0.833 bits per heavy atom. The highest BCUT2D eigenvalue weighted by atomic mass is 16.7. The summed E-state index contributed by atoms with van der Waals surface area (Å²) in [5.41, 5.74) is 0.370. The van der Waals surface area contributed by atoms with Crippen LogP contribution in [0.15, 0.2) is 72.8 Å². The number of hydrogen-bond acceptors (Lipinski definition) is 6. The molecule has 3 aliphatic heterocycles. The van der Waals surface area contributed by atoms with Gasteiger partial charge in [0.15, 0.2) is 0 Å². The number of hydrogen-bond donors (Lipinski definition) is 2. The van der Waals surface area contributed by atoms with Crippen LogP contribution in [0.25, 0.3) is 12.2 Å². The number of benzene rings is 2. The predicted molar refractivity (Wildman–Crippen MR) is 135 cm³/mol. The van der Waals surface area contributed by atoms with Crippen LogP contribution in [0.1, 0.15) is 25.0 Å². The Balaban J connectivity index is 1.19. The van der Waals surface area contributed by atoms with E-state index >= 15 is 0 Å². The molecule has 5 atom stereocenters. The van der Waals surface area contributed by atoms with E-state index in [2.05, 4.69) is 15.5 Å². The van der Waals surface area contributed by atoms with Crippen LogP contribution in [-0.4, -0.2) is 66.3 Å². The molecular weight excluding hydrogens is 458 g/mol. The van der Waals surface area contributed by atoms with Gasteiger partial charge in [-0.05, 0) is 37.1 Å². The van der Waals surface area contributed by atoms with Gasteiger partial charge in [0.25, 0.3) is 0 Å². The molecule has 188 valence electrons. The summed E-state index contributed by atoms with van der Waals surface area (Å²) in [6.07, 6.45) is 5.52. The minimum absolute atomic E-state index is 0.207. The molecule has 0 radical (unpaired) electrons. The number of nitrogens with one attached hydrogen (secondary N) is 2. The zero-order valence-corrected chi connectivity index (χ0v) is 20.4. The lowest BCUT2D eigenvalue weighted by molar-refractivity contribution is -0.135. The van der Waals surface area contributed by atoms with Gasteiger partial charge in [-0.1, -0.05) is 60.7 Å². The van der Waals surface area contributed by atoms with E-state index in [9.17, 15) is 9.59 Å². The molecule has 0 spiro atoms. The molecule has 3 saturated heterocycles. The molecule has 0 unspecified atom stereocenters. The number of carbonyl (C=O) groups excluding carboxylic acids is 2. The molecule has 0 aromatic heterocycles. The van der Waals surface area contributed by atoms with Crippen LogP contribution < -0.4 is 10.6 Å². The highest BCUT2D eigenvalue weighted by Gasteiger charge is 2.67. The van der Waals surface area contributed by atoms with E-state index in [1.165, 1.54) is 12.2 Å². The van der Waals surface area contributed by atoms with E-state index in [1.807, 2.05) is 74.5 Å². The first-order chi connectivity index (χ1) is 17.4. The largest absolute Gasteiger partial charge is 0.356 e. The van der Waals surface area contributed by atoms with Gasteiger partial charge in [0.05, 0.1) is 19.7 Å². The van der Waals surface area contributed by atoms with Gasteiger partial charge < -0.3 is 24.8 Å². The minimum atomic E-state index is -0.766. The molecule has 2 aromatic rings. The molecule has 8 heteroatoms. The lowest BCUT2D eigenvalue weighted by atomic mass is 10.1. The fraction of sp³-hybridized carbons (Fsp3) is 0.357. The topological polar surface area (TPSA) is 89.1 Å². The monoisotopic (exact) mass is 489 g/mol. The number of amides is 2. The standard InChI is InChI=1S/C28H31N3O5/c1-27(18-29-22(32)15-13-20-9-5-3-6-10-20)25-31-24(17-34-25)35-28(2,26(31)36-27)19-30-23(33)16-14-21-11-7-4-8-12-21/h3-16,24-26H,17-19H2,1-2H3,(H,29,32)(H,30,33)/b15-13+,16-14+/t24-,25-,26-,27-,28-/m0/s1. The van der Waals surface area contributed by atoms with Crippen molar-refractivity contribution < 1.29 is 23.8 Å². The Hall–Kier alpha value is -3.30. The number of rotatable bonds is 8. The van der Waals surface area contributed by atoms with Gasteiger partial charge in [-0.2, -0.15) is 0 Å². The van der Waals surface area contributed by atoms with Crippen LogP contribution in [0.2, 0.25) is 0 Å². The Labute approximate surface area is 210 Å². The predicted octanol–water partition coefficient (Wildman–Crippen LogP) is 2.53. The van der Waals surface area contributed by atoms with Crippen molar-refractivity contribution in [2.24, 2.45) is 0 Å². The van der Waals surface area contributed by atoms with E-state index in [0.29, 0.717) is 6.61 Å². The molecule has 2 amide bonds. The van der Waals surface area contributed by atoms with Crippen molar-refractivity contribution in [3.63, 3.8) is 0 Å². The molecule has 5 rings (SSSR count). The summed E-state index contributed by atoms with van der Waals surface area (Å²) in [5, 5.41) is 5.88. The van der Waals surface area contributed by atoms with Crippen LogP contribution in [-0.2, 0) is 23.8 Å². The average Bonchev–Trinajstić information content (AvgIpc) is 3.53. The quantitative estimate of drug-likeness (QED) is 0.554. The number of carbonyl (C=O) groups is 2. The van der Waals surface area contributed by atoms with Crippen LogP contribution in [0.3, 0.4) is 0 Å². The SMILES string of the molecule is C[C@@]1(CNC(=O)/C=C/c2ccccc2)O[C@H]2CO[C@@H]3N2[C@H]1O[C@@]3(C)CNC(=O)/C=C/c1ccccc1. The number of ether oxygens (including phenoxy) is 3. The zero-order chi connectivity index (χ0) is 25.2. The maximum Gasteiger partial charge on any atom is 0.244 e. The third-order valence-electron chi connectivity index (χ3n) is 6.78. The Morgan fingerprint density at radius 3 is 1.86 bits per heavy atom. The van der Waals surface area contributed by atoms with Crippen molar-refractivity contribution in [1.82, 2.24) is 15.5 Å². The fourth-order valence-corrected chi connectivity index (χ4v) is 4.91. The normalized spacial score (nSPS) is 31.2. The lowest BCUT2D eigenvalue weighted by Crippen LogP contribution is -2.51. The molecule has 3 heterocycles. The average molecular weight is 490 g/mol. The molecule has 0 bridgehead atoms. The van der Waals surface area contributed by atoms with Crippen LogP contribution in [0.4, 0.5) is 0 Å². The van der Waals surface area contributed by atoms with E-state index < -0.39 is 17.4 Å². The second-order valence-corrected chi connectivity index (χ2v) is 9.72. The molecule has 0 aliphatic carbocycles. The van der Waals surface area contributed by atoms with Crippen LogP contribution >= 0.6 is 0 Å². The third-order valence-corrected chi connectivity index (χ3v) is 6.78. The minimum Gasteiger partial charge on any atom is -0.356 e. The first kappa shape index (κ1) is 24.4. The summed E-state index contributed by atoms with van der Waals surface area (Å²) < 4.78 is 18.7. The van der Waals surface area contributed by atoms with Crippen molar-refractivity contribution in [2.45, 2.75) is 43.7 Å². The first-order valence-electron chi connectivity index (χ1n) is 12.1. The third kappa shape index (κ3) is 4.99. The van der Waals surface area contributed by atoms with E-state index in [0.717, 1.165) is 11.1 Å². The molecule has 36 heavy (non-hydrogen) atoms. The van der Waals surface area contributed by atoms with Gasteiger partial charge in [-0.25, -0.2) is 4.90 Å². The van der Waals surface area contributed by atoms with Crippen LogP contribution in [0.5, 0.6) is 0 Å². The molecule has 2 aromatic carbocycles. The highest BCUT2D eigenvalue weighted by molar-refractivity contribution is 5.92. The summed E-state index contributed by atoms with van der Waals surface area (Å²) >= 11 is 0. The maximum atomic E-state index is 12.4. The van der Waals surface area contributed by atoms with E-state index in [4.69, 9.17) is 14.2 Å². The smallest absolute Gasteiger partial charge is 0.244 e. The number of nitrogens with zero attached hydrogens (tertiary/aromatic N) is 1. The second kappa shape index (κ2) is 9.99. The molecule has 8 nitrogen and oxygen atoms in total. The van der Waals surface area contributed by atoms with Gasteiger partial charge in [0.2, 0.25) is 11.8 Å². The van der Waals surface area contributed by atoms with Crippen molar-refractivity contribution >= 4 is 24.0 Å². The van der Waals surface area contributed by atoms with Gasteiger partial charge in [-0.15, -0.1) is 0 Å². The van der Waals surface area contributed by atoms with Crippen molar-refractivity contribution in [1.29, 1.82) is 0 Å². The summed E-state index contributed by atoms with van der Waals surface area (Å²) in [6.45, 7) is 4.82. The van der Waals surface area contributed by atoms with Crippen LogP contribution in [0, 0.1) is 0 Å². The Morgan fingerprint density at radius 2 is 1.33 bits per heavy atom. The van der Waals surface area contributed by atoms with E-state index in [-0.39, 0.29) is 37.4 Å². The van der Waals surface area contributed by atoms with Gasteiger partial charge in [0, 0.05) is 12.2 Å². The summed E-state index contributed by atoms with van der Waals surface area (Å²) in [7, 11) is 0. The van der Waals surface area contributed by atoms with Gasteiger partial charge in [0.1, 0.15) is 29.9 Å². The summed E-state index contributed by atoms with van der Waals surface area (Å²) in [4.78, 5) is 27.0. The second-order valence-electron chi connectivity index (χ2n) is 9.72. The van der Waals surface area contributed by atoms with Crippen molar-refractivity contribution in [2.75, 3.05) is 19.7 Å². The lowest BCUT2D eigenvalue weighted by Gasteiger charge is -2.32. The van der Waals surface area contributed by atoms with Gasteiger partial charge >= 0.3 is 0 Å². The molecule has 3 aliphatic rings. The molecule has 0 saturated carbocycles. The summed E-state index contributed by atoms with van der Waals surface area (Å²) in [5.74, 6) is -0.413. The summed E-state index contributed by atoms with van der Waals surface area (Å²) in [6, 6.07) is 19.3. The first-order valence-corrected chi connectivity index (χ1v) is 12.1. The Kier molecular flexibility index (Phi) is 6.77. The fourth-order valence-electron chi connectivity index (χ4n) is 4.91. The molecule has 2 N–H and O–H groups in total. The van der Waals surface area contributed by atoms with Crippen molar-refractivity contribution in [3.8, 4) is 0 Å². The molecule has 3 fully saturated rings. The van der Waals surface area contributed by atoms with E-state index in [1.54, 1.807) is 12.2 Å². The highest BCUT2D eigenvalue weighted by Crippen LogP contribution is 2.48. The Bertz CT molecular complexity index is 1090. The maximum absolute atomic E-state index is 12.4. The molecular formula is C28H31N3O5. The zero-order valence-electron chi connectivity index (χ0n) is 20.4.